The molecule has 0 bridgehead atoms. The van der Waals surface area contributed by atoms with Gasteiger partial charge in [-0.25, -0.2) is 0 Å². The van der Waals surface area contributed by atoms with Crippen LogP contribution < -0.4 is 15.0 Å². The van der Waals surface area contributed by atoms with Gasteiger partial charge in [0.05, 0.1) is 25.9 Å². The second kappa shape index (κ2) is 9.79. The van der Waals surface area contributed by atoms with E-state index in [1.165, 1.54) is 0 Å². The Labute approximate surface area is 197 Å². The zero-order chi connectivity index (χ0) is 23.6. The summed E-state index contributed by atoms with van der Waals surface area (Å²) in [6, 6.07) is 10.7. The average molecular weight is 453 g/mol. The van der Waals surface area contributed by atoms with Crippen LogP contribution in [0.25, 0.3) is 0 Å². The molecule has 0 unspecified atom stereocenters. The molecule has 0 aliphatic carbocycles. The number of pyridine rings is 1. The smallest absolute Gasteiger partial charge is 0.241 e. The van der Waals surface area contributed by atoms with E-state index in [9.17, 15) is 4.79 Å². The van der Waals surface area contributed by atoms with Crippen LogP contribution in [0.4, 0.5) is 5.69 Å². The molecule has 1 N–H and O–H groups in total. The Morgan fingerprint density at radius 3 is 2.70 bits per heavy atom. The summed E-state index contributed by atoms with van der Waals surface area (Å²) in [6.45, 7) is 9.88. The first-order valence-corrected chi connectivity index (χ1v) is 11.7. The van der Waals surface area contributed by atoms with Gasteiger partial charge in [0.25, 0.3) is 0 Å². The number of nitrogens with zero attached hydrogens (tertiary/aromatic N) is 3. The van der Waals surface area contributed by atoms with E-state index in [0.29, 0.717) is 32.2 Å². The topological polar surface area (TPSA) is 66.9 Å². The first-order valence-electron chi connectivity index (χ1n) is 11.7. The van der Waals surface area contributed by atoms with Gasteiger partial charge in [-0.1, -0.05) is 26.0 Å². The van der Waals surface area contributed by atoms with Crippen molar-refractivity contribution in [2.45, 2.75) is 44.7 Å². The first-order chi connectivity index (χ1) is 15.8. The number of piperazine rings is 1. The van der Waals surface area contributed by atoms with Crippen molar-refractivity contribution in [1.82, 2.24) is 15.2 Å². The van der Waals surface area contributed by atoms with Crippen molar-refractivity contribution in [2.75, 3.05) is 51.9 Å². The molecule has 1 aromatic carbocycles. The van der Waals surface area contributed by atoms with E-state index >= 15 is 0 Å². The van der Waals surface area contributed by atoms with Crippen molar-refractivity contribution >= 4 is 11.6 Å². The number of hydrogen-bond acceptors (Lipinski definition) is 6. The average Bonchev–Trinajstić information content (AvgIpc) is 3.06. The maximum atomic E-state index is 13.5. The Morgan fingerprint density at radius 1 is 1.24 bits per heavy atom. The number of rotatable bonds is 7. The van der Waals surface area contributed by atoms with E-state index in [1.54, 1.807) is 14.2 Å². The molecule has 7 heteroatoms. The van der Waals surface area contributed by atoms with E-state index in [0.717, 1.165) is 41.3 Å². The van der Waals surface area contributed by atoms with Crippen LogP contribution in [0.2, 0.25) is 0 Å². The van der Waals surface area contributed by atoms with Gasteiger partial charge in [-0.3, -0.25) is 14.7 Å². The van der Waals surface area contributed by atoms with Gasteiger partial charge in [-0.15, -0.1) is 0 Å². The first kappa shape index (κ1) is 23.7. The molecule has 1 saturated heterocycles. The molecular weight excluding hydrogens is 416 g/mol. The monoisotopic (exact) mass is 452 g/mol. The van der Waals surface area contributed by atoms with Crippen LogP contribution in [0.5, 0.6) is 5.75 Å². The maximum Gasteiger partial charge on any atom is 0.241 e. The number of amides is 1. The molecule has 2 aliphatic heterocycles. The van der Waals surface area contributed by atoms with Crippen LogP contribution in [0.1, 0.15) is 37.6 Å². The third-order valence-corrected chi connectivity index (χ3v) is 6.78. The number of nitrogens with one attached hydrogen (secondary N) is 1. The molecule has 33 heavy (non-hydrogen) atoms. The summed E-state index contributed by atoms with van der Waals surface area (Å²) in [5.74, 6) is 0.979. The van der Waals surface area contributed by atoms with Crippen LogP contribution in [0.3, 0.4) is 0 Å². The predicted molar refractivity (Wildman–Crippen MR) is 130 cm³/mol. The minimum absolute atomic E-state index is 0.126. The second-order valence-electron chi connectivity index (χ2n) is 9.93. The lowest BCUT2D eigenvalue weighted by atomic mass is 9.88. The van der Waals surface area contributed by atoms with Gasteiger partial charge in [0.1, 0.15) is 5.75 Å². The zero-order valence-corrected chi connectivity index (χ0v) is 20.4. The number of carbonyl (C=O) groups is 1. The molecular formula is C26H36N4O3. The molecule has 2 atom stereocenters. The lowest BCUT2D eigenvalue weighted by Crippen LogP contribution is -2.59. The SMILES string of the molecule is COC[C@H]1CN[C@H](C)CN1CC(=O)N1CC(C)(C)c2cnc(Cc3ccc(OC)cc3)cc21. The van der Waals surface area contributed by atoms with Crippen LogP contribution in [-0.2, 0) is 21.4 Å². The van der Waals surface area contributed by atoms with E-state index in [4.69, 9.17) is 14.5 Å². The Balaban J connectivity index is 1.54. The predicted octanol–water partition coefficient (Wildman–Crippen LogP) is 2.61. The summed E-state index contributed by atoms with van der Waals surface area (Å²) in [6.07, 6.45) is 2.67. The highest BCUT2D eigenvalue weighted by Crippen LogP contribution is 2.40. The Hall–Kier alpha value is -2.48. The second-order valence-corrected chi connectivity index (χ2v) is 9.93. The number of methoxy groups -OCH3 is 2. The van der Waals surface area contributed by atoms with E-state index in [-0.39, 0.29) is 17.4 Å². The molecule has 3 heterocycles. The molecule has 2 aliphatic rings. The van der Waals surface area contributed by atoms with Gasteiger partial charge in [0.2, 0.25) is 5.91 Å². The lowest BCUT2D eigenvalue weighted by Gasteiger charge is -2.39. The molecule has 2 aromatic rings. The van der Waals surface area contributed by atoms with Gasteiger partial charge in [0, 0.05) is 68.1 Å². The molecule has 1 amide bonds. The van der Waals surface area contributed by atoms with Gasteiger partial charge < -0.3 is 19.7 Å². The fourth-order valence-corrected chi connectivity index (χ4v) is 4.91. The third kappa shape index (κ3) is 5.21. The summed E-state index contributed by atoms with van der Waals surface area (Å²) in [4.78, 5) is 22.5. The van der Waals surface area contributed by atoms with Crippen molar-refractivity contribution in [3.8, 4) is 5.75 Å². The molecule has 0 radical (unpaired) electrons. The maximum absolute atomic E-state index is 13.5. The highest BCUT2D eigenvalue weighted by Gasteiger charge is 2.39. The van der Waals surface area contributed by atoms with E-state index < -0.39 is 0 Å². The minimum atomic E-state index is -0.126. The number of hydrogen-bond donors (Lipinski definition) is 1. The Kier molecular flexibility index (Phi) is 7.02. The molecule has 178 valence electrons. The van der Waals surface area contributed by atoms with Gasteiger partial charge in [-0.2, -0.15) is 0 Å². The number of carbonyl (C=O) groups excluding carboxylic acids is 1. The summed E-state index contributed by atoms with van der Waals surface area (Å²) in [7, 11) is 3.39. The standard InChI is InChI=1S/C26H36N4O3/c1-18-14-29(21(12-27-18)16-32-4)15-25(31)30-17-26(2,3)23-13-28-20(11-24(23)30)10-19-6-8-22(33-5)9-7-19/h6-9,11,13,18,21,27H,10,12,14-17H2,1-5H3/t18-,21-/m1/s1. The van der Waals surface area contributed by atoms with Crippen molar-refractivity contribution in [1.29, 1.82) is 0 Å². The normalized spacial score (nSPS) is 22.3. The fraction of sp³-hybridized carbons (Fsp3) is 0.538. The summed E-state index contributed by atoms with van der Waals surface area (Å²) >= 11 is 0. The Bertz CT molecular complexity index is 976. The van der Waals surface area contributed by atoms with Crippen molar-refractivity contribution in [3.63, 3.8) is 0 Å². The number of anilines is 1. The zero-order valence-electron chi connectivity index (χ0n) is 20.4. The molecule has 4 rings (SSSR count). The van der Waals surface area contributed by atoms with Crippen LogP contribution in [0.15, 0.2) is 36.5 Å². The van der Waals surface area contributed by atoms with Gasteiger partial charge in [0.15, 0.2) is 0 Å². The number of ether oxygens (including phenoxy) is 2. The van der Waals surface area contributed by atoms with Crippen LogP contribution in [0, 0.1) is 0 Å². The summed E-state index contributed by atoms with van der Waals surface area (Å²) in [5, 5.41) is 3.49. The quantitative estimate of drug-likeness (QED) is 0.697. The van der Waals surface area contributed by atoms with Crippen molar-refractivity contribution in [3.05, 3.63) is 53.3 Å². The molecule has 0 saturated carbocycles. The van der Waals surface area contributed by atoms with Crippen molar-refractivity contribution in [2.24, 2.45) is 0 Å². The molecule has 1 fully saturated rings. The molecule has 0 spiro atoms. The van der Waals surface area contributed by atoms with E-state index in [1.807, 2.05) is 23.2 Å². The van der Waals surface area contributed by atoms with Crippen LogP contribution in [-0.4, -0.2) is 74.9 Å². The number of aromatic nitrogens is 1. The summed E-state index contributed by atoms with van der Waals surface area (Å²) in [5.41, 5.74) is 4.13. The largest absolute Gasteiger partial charge is 0.497 e. The minimum Gasteiger partial charge on any atom is -0.497 e. The third-order valence-electron chi connectivity index (χ3n) is 6.78. The van der Waals surface area contributed by atoms with E-state index in [2.05, 4.69) is 49.2 Å². The highest BCUT2D eigenvalue weighted by molar-refractivity contribution is 5.97. The summed E-state index contributed by atoms with van der Waals surface area (Å²) < 4.78 is 10.7. The number of benzene rings is 1. The number of fused-ring (bicyclic) bond motifs is 1. The van der Waals surface area contributed by atoms with Crippen molar-refractivity contribution < 1.29 is 14.3 Å². The fourth-order valence-electron chi connectivity index (χ4n) is 4.91. The van der Waals surface area contributed by atoms with Gasteiger partial charge in [-0.05, 0) is 30.7 Å². The molecule has 1 aromatic heterocycles. The highest BCUT2D eigenvalue weighted by atomic mass is 16.5. The Morgan fingerprint density at radius 2 is 2.00 bits per heavy atom. The van der Waals surface area contributed by atoms with Gasteiger partial charge >= 0.3 is 0 Å². The van der Waals surface area contributed by atoms with Crippen LogP contribution >= 0.6 is 0 Å². The molecule has 7 nitrogen and oxygen atoms in total. The lowest BCUT2D eigenvalue weighted by molar-refractivity contribution is -0.121.